The third-order valence-corrected chi connectivity index (χ3v) is 6.30. The Balaban J connectivity index is 1.78. The van der Waals surface area contributed by atoms with Crippen LogP contribution in [0.2, 0.25) is 0 Å². The molecule has 4 rings (SSSR count). The monoisotopic (exact) mass is 428 g/mol. The van der Waals surface area contributed by atoms with Crippen LogP contribution in [0.15, 0.2) is 48.8 Å². The fourth-order valence-corrected chi connectivity index (χ4v) is 4.60. The Hall–Kier alpha value is -2.67. The van der Waals surface area contributed by atoms with E-state index in [4.69, 9.17) is 0 Å². The molecule has 0 amide bonds. The fraction of sp³-hybridized carbons (Fsp3) is 0.417. The van der Waals surface area contributed by atoms with Crippen LogP contribution in [0.5, 0.6) is 0 Å². The van der Waals surface area contributed by atoms with Crippen molar-refractivity contribution in [3.63, 3.8) is 0 Å². The standard InChI is InChI=1S/C24H27F3N4/c1-31(2)20-8-4-5-17(9-10-20)22-21(16-11-13-28-14-12-16)23(30-29-22)18-6-3-7-19(15-18)24(25,26)27/h3,6-7,11-15,17,20H,4-5,8-10H2,1-2H3,(H,29,30). The molecular weight excluding hydrogens is 401 g/mol. The van der Waals surface area contributed by atoms with E-state index in [9.17, 15) is 13.2 Å². The van der Waals surface area contributed by atoms with Gasteiger partial charge >= 0.3 is 6.18 Å². The molecule has 1 fully saturated rings. The van der Waals surface area contributed by atoms with E-state index in [1.54, 1.807) is 18.5 Å². The zero-order valence-corrected chi connectivity index (χ0v) is 17.8. The third-order valence-electron chi connectivity index (χ3n) is 6.30. The number of hydrogen-bond donors (Lipinski definition) is 1. The molecule has 0 aliphatic heterocycles. The summed E-state index contributed by atoms with van der Waals surface area (Å²) in [5.41, 5.74) is 3.16. The van der Waals surface area contributed by atoms with E-state index in [-0.39, 0.29) is 0 Å². The van der Waals surface area contributed by atoms with Crippen LogP contribution in [-0.4, -0.2) is 40.2 Å². The van der Waals surface area contributed by atoms with Gasteiger partial charge in [0.25, 0.3) is 0 Å². The molecule has 2 unspecified atom stereocenters. The normalized spacial score (nSPS) is 20.1. The van der Waals surface area contributed by atoms with E-state index in [1.165, 1.54) is 12.1 Å². The molecule has 0 radical (unpaired) electrons. The minimum absolute atomic E-state index is 0.292. The maximum Gasteiger partial charge on any atom is 0.416 e. The van der Waals surface area contributed by atoms with Crippen LogP contribution in [0.25, 0.3) is 22.4 Å². The molecule has 0 saturated heterocycles. The summed E-state index contributed by atoms with van der Waals surface area (Å²) in [4.78, 5) is 6.39. The van der Waals surface area contributed by atoms with Gasteiger partial charge in [-0.05, 0) is 69.6 Å². The van der Waals surface area contributed by atoms with Crippen LogP contribution in [0.1, 0.15) is 49.3 Å². The summed E-state index contributed by atoms with van der Waals surface area (Å²) >= 11 is 0. The van der Waals surface area contributed by atoms with Gasteiger partial charge in [-0.15, -0.1) is 0 Å². The number of alkyl halides is 3. The Morgan fingerprint density at radius 2 is 1.74 bits per heavy atom. The largest absolute Gasteiger partial charge is 0.416 e. The number of hydrogen-bond acceptors (Lipinski definition) is 3. The Labute approximate surface area is 180 Å². The molecule has 1 N–H and O–H groups in total. The van der Waals surface area contributed by atoms with Gasteiger partial charge in [0.05, 0.1) is 5.56 Å². The molecule has 2 heterocycles. The second-order valence-corrected chi connectivity index (χ2v) is 8.50. The molecule has 2 atom stereocenters. The minimum Gasteiger partial charge on any atom is -0.306 e. The van der Waals surface area contributed by atoms with Gasteiger partial charge in [-0.3, -0.25) is 10.1 Å². The van der Waals surface area contributed by atoms with Gasteiger partial charge < -0.3 is 4.90 Å². The van der Waals surface area contributed by atoms with Crippen molar-refractivity contribution < 1.29 is 13.2 Å². The Morgan fingerprint density at radius 3 is 2.45 bits per heavy atom. The summed E-state index contributed by atoms with van der Waals surface area (Å²) in [6.45, 7) is 0. The van der Waals surface area contributed by atoms with Gasteiger partial charge in [0.15, 0.2) is 0 Å². The number of nitrogens with zero attached hydrogens (tertiary/aromatic N) is 3. The smallest absolute Gasteiger partial charge is 0.306 e. The van der Waals surface area contributed by atoms with Crippen LogP contribution in [-0.2, 0) is 6.18 Å². The third kappa shape index (κ3) is 4.66. The lowest BCUT2D eigenvalue weighted by Gasteiger charge is -2.22. The Kier molecular flexibility index (Phi) is 6.14. The molecule has 1 aliphatic rings. The first-order valence-corrected chi connectivity index (χ1v) is 10.7. The average Bonchev–Trinajstić information content (AvgIpc) is 3.04. The molecule has 1 saturated carbocycles. The van der Waals surface area contributed by atoms with Crippen molar-refractivity contribution in [2.45, 2.75) is 50.2 Å². The lowest BCUT2D eigenvalue weighted by atomic mass is 9.89. The van der Waals surface area contributed by atoms with Crippen LogP contribution < -0.4 is 0 Å². The van der Waals surface area contributed by atoms with Crippen LogP contribution >= 0.6 is 0 Å². The van der Waals surface area contributed by atoms with Crippen LogP contribution in [0.4, 0.5) is 13.2 Å². The number of nitrogens with one attached hydrogen (secondary N) is 1. The fourth-order valence-electron chi connectivity index (χ4n) is 4.60. The lowest BCUT2D eigenvalue weighted by molar-refractivity contribution is -0.137. The number of aromatic nitrogens is 3. The van der Waals surface area contributed by atoms with Crippen molar-refractivity contribution >= 4 is 0 Å². The second-order valence-electron chi connectivity index (χ2n) is 8.50. The summed E-state index contributed by atoms with van der Waals surface area (Å²) in [7, 11) is 4.24. The average molecular weight is 429 g/mol. The number of H-pyrrole nitrogens is 1. The molecule has 1 aliphatic carbocycles. The molecule has 3 aromatic rings. The van der Waals surface area contributed by atoms with Gasteiger partial charge in [0.1, 0.15) is 5.69 Å². The van der Waals surface area contributed by atoms with Crippen molar-refractivity contribution in [1.29, 1.82) is 0 Å². The van der Waals surface area contributed by atoms with Crippen molar-refractivity contribution in [1.82, 2.24) is 20.1 Å². The number of benzene rings is 1. The first-order chi connectivity index (χ1) is 14.8. The van der Waals surface area contributed by atoms with Gasteiger partial charge in [0, 0.05) is 41.2 Å². The molecule has 1 aromatic carbocycles. The summed E-state index contributed by atoms with van der Waals surface area (Å²) in [6, 6.07) is 9.75. The topological polar surface area (TPSA) is 44.8 Å². The van der Waals surface area contributed by atoms with Crippen LogP contribution in [0, 0.1) is 0 Å². The minimum atomic E-state index is -4.39. The highest BCUT2D eigenvalue weighted by Gasteiger charge is 2.32. The zero-order valence-electron chi connectivity index (χ0n) is 17.8. The van der Waals surface area contributed by atoms with Gasteiger partial charge in [0.2, 0.25) is 0 Å². The van der Waals surface area contributed by atoms with Crippen molar-refractivity contribution in [3.05, 3.63) is 60.0 Å². The van der Waals surface area contributed by atoms with Gasteiger partial charge in [-0.1, -0.05) is 18.6 Å². The Morgan fingerprint density at radius 1 is 0.968 bits per heavy atom. The number of rotatable bonds is 4. The summed E-state index contributed by atoms with van der Waals surface area (Å²) < 4.78 is 39.9. The van der Waals surface area contributed by atoms with E-state index in [0.717, 1.165) is 55.0 Å². The quantitative estimate of drug-likeness (QED) is 0.508. The van der Waals surface area contributed by atoms with E-state index >= 15 is 0 Å². The first kappa shape index (κ1) is 21.6. The predicted molar refractivity (Wildman–Crippen MR) is 116 cm³/mol. The number of halogens is 3. The maximum absolute atomic E-state index is 13.3. The first-order valence-electron chi connectivity index (χ1n) is 10.7. The maximum atomic E-state index is 13.3. The zero-order chi connectivity index (χ0) is 22.0. The van der Waals surface area contributed by atoms with E-state index < -0.39 is 11.7 Å². The Bertz CT molecular complexity index is 1010. The van der Waals surface area contributed by atoms with E-state index in [1.807, 2.05) is 12.1 Å². The molecule has 0 bridgehead atoms. The SMILES string of the molecule is CN(C)C1CCCC(c2[nH]nc(-c3cccc(C(F)(F)F)c3)c2-c2ccncc2)CC1. The number of pyridine rings is 1. The van der Waals surface area contributed by atoms with E-state index in [2.05, 4.69) is 34.2 Å². The number of aromatic amines is 1. The molecule has 2 aromatic heterocycles. The second kappa shape index (κ2) is 8.83. The van der Waals surface area contributed by atoms with Crippen molar-refractivity contribution in [3.8, 4) is 22.4 Å². The molecule has 7 heteroatoms. The highest BCUT2D eigenvalue weighted by Crippen LogP contribution is 2.42. The molecular formula is C24H27F3N4. The molecule has 164 valence electrons. The summed E-state index contributed by atoms with van der Waals surface area (Å²) in [5, 5.41) is 7.73. The van der Waals surface area contributed by atoms with Gasteiger partial charge in [-0.2, -0.15) is 18.3 Å². The summed E-state index contributed by atoms with van der Waals surface area (Å²) in [5.74, 6) is 0.292. The van der Waals surface area contributed by atoms with E-state index in [0.29, 0.717) is 23.2 Å². The summed E-state index contributed by atoms with van der Waals surface area (Å²) in [6.07, 6.45) is 4.43. The molecule has 4 nitrogen and oxygen atoms in total. The van der Waals surface area contributed by atoms with Crippen LogP contribution in [0.3, 0.4) is 0 Å². The highest BCUT2D eigenvalue weighted by molar-refractivity contribution is 5.83. The molecule has 0 spiro atoms. The van der Waals surface area contributed by atoms with Gasteiger partial charge in [-0.25, -0.2) is 0 Å². The van der Waals surface area contributed by atoms with Crippen molar-refractivity contribution in [2.75, 3.05) is 14.1 Å². The predicted octanol–water partition coefficient (Wildman–Crippen LogP) is 6.14. The molecule has 31 heavy (non-hydrogen) atoms. The lowest BCUT2D eigenvalue weighted by Crippen LogP contribution is -2.26. The van der Waals surface area contributed by atoms with Crippen molar-refractivity contribution in [2.24, 2.45) is 0 Å². The highest BCUT2D eigenvalue weighted by atomic mass is 19.4.